The van der Waals surface area contributed by atoms with Crippen molar-refractivity contribution in [1.82, 2.24) is 0 Å². The molecule has 2 aromatic rings. The molecule has 3 heteroatoms. The van der Waals surface area contributed by atoms with Crippen molar-refractivity contribution in [1.29, 1.82) is 5.26 Å². The van der Waals surface area contributed by atoms with Crippen LogP contribution in [0.5, 0.6) is 11.5 Å². The van der Waals surface area contributed by atoms with Gasteiger partial charge in [0, 0.05) is 0 Å². The Morgan fingerprint density at radius 2 is 1.88 bits per heavy atom. The van der Waals surface area contributed by atoms with Crippen LogP contribution >= 0.6 is 0 Å². The maximum absolute atomic E-state index is 8.96. The number of ether oxygens (including phenoxy) is 1. The van der Waals surface area contributed by atoms with E-state index in [1.807, 2.05) is 25.1 Å². The number of rotatable bonds is 2. The van der Waals surface area contributed by atoms with Crippen molar-refractivity contribution in [2.75, 3.05) is 5.73 Å². The maximum Gasteiger partial charge on any atom is 0.150 e. The highest BCUT2D eigenvalue weighted by Crippen LogP contribution is 2.30. The molecule has 0 saturated carbocycles. The molecule has 0 aliphatic heterocycles. The van der Waals surface area contributed by atoms with E-state index < -0.39 is 0 Å². The van der Waals surface area contributed by atoms with Crippen LogP contribution < -0.4 is 10.5 Å². The number of nitrogen functional groups attached to an aromatic ring is 1. The normalized spacial score (nSPS) is 9.65. The molecule has 0 spiro atoms. The van der Waals surface area contributed by atoms with Gasteiger partial charge in [-0.15, -0.1) is 0 Å². The van der Waals surface area contributed by atoms with E-state index in [4.69, 9.17) is 15.7 Å². The first-order valence-corrected chi connectivity index (χ1v) is 5.24. The molecule has 0 aliphatic rings. The van der Waals surface area contributed by atoms with Gasteiger partial charge in [-0.1, -0.05) is 18.2 Å². The second kappa shape index (κ2) is 4.58. The third-order valence-electron chi connectivity index (χ3n) is 2.40. The Labute approximate surface area is 100 Å². The molecular weight excluding hydrogens is 212 g/mol. The molecule has 3 nitrogen and oxygen atoms in total. The number of nitrogens with zero attached hydrogens (tertiary/aromatic N) is 1. The largest absolute Gasteiger partial charge is 0.454 e. The molecule has 0 amide bonds. The molecule has 0 fully saturated rings. The summed E-state index contributed by atoms with van der Waals surface area (Å²) in [5, 5.41) is 8.96. The number of nitrogens with two attached hydrogens (primary N) is 1. The van der Waals surface area contributed by atoms with Gasteiger partial charge in [0.25, 0.3) is 0 Å². The lowest BCUT2D eigenvalue weighted by Crippen LogP contribution is -1.94. The van der Waals surface area contributed by atoms with Crippen LogP contribution in [0.15, 0.2) is 42.5 Å². The van der Waals surface area contributed by atoms with Gasteiger partial charge in [0.15, 0.2) is 5.75 Å². The zero-order valence-corrected chi connectivity index (χ0v) is 9.47. The molecule has 0 atom stereocenters. The van der Waals surface area contributed by atoms with Crippen molar-refractivity contribution < 1.29 is 4.74 Å². The lowest BCUT2D eigenvalue weighted by Gasteiger charge is -2.10. The molecular formula is C14H12N2O. The molecule has 0 unspecified atom stereocenters. The Bertz CT molecular complexity index is 585. The van der Waals surface area contributed by atoms with Crippen molar-refractivity contribution >= 4 is 5.69 Å². The molecule has 2 rings (SSSR count). The average Bonchev–Trinajstić information content (AvgIpc) is 2.34. The van der Waals surface area contributed by atoms with Gasteiger partial charge in [-0.2, -0.15) is 5.26 Å². The number of benzene rings is 2. The van der Waals surface area contributed by atoms with E-state index in [2.05, 4.69) is 6.07 Å². The fourth-order valence-corrected chi connectivity index (χ4v) is 1.50. The lowest BCUT2D eigenvalue weighted by atomic mass is 10.2. The first kappa shape index (κ1) is 11.0. The summed E-state index contributed by atoms with van der Waals surface area (Å²) in [6.07, 6.45) is 0. The SMILES string of the molecule is Cc1ccc(N)c(Oc2ccccc2C#N)c1. The Kier molecular flexibility index (Phi) is 2.97. The van der Waals surface area contributed by atoms with Crippen LogP contribution in [0.4, 0.5) is 5.69 Å². The maximum atomic E-state index is 8.96. The number of para-hydroxylation sites is 1. The van der Waals surface area contributed by atoms with Gasteiger partial charge < -0.3 is 10.5 Å². The number of anilines is 1. The summed E-state index contributed by atoms with van der Waals surface area (Å²) in [5.74, 6) is 1.10. The van der Waals surface area contributed by atoms with Crippen LogP contribution in [-0.2, 0) is 0 Å². The second-order valence-electron chi connectivity index (χ2n) is 3.75. The molecule has 0 heterocycles. The number of aryl methyl sites for hydroxylation is 1. The molecule has 0 bridgehead atoms. The summed E-state index contributed by atoms with van der Waals surface area (Å²) in [6, 6.07) is 14.7. The van der Waals surface area contributed by atoms with Gasteiger partial charge in [-0.3, -0.25) is 0 Å². The number of hydrogen-bond acceptors (Lipinski definition) is 3. The predicted octanol–water partition coefficient (Wildman–Crippen LogP) is 3.24. The Morgan fingerprint density at radius 1 is 1.12 bits per heavy atom. The minimum absolute atomic E-state index is 0.494. The summed E-state index contributed by atoms with van der Waals surface area (Å²) in [6.45, 7) is 1.96. The standard InChI is InChI=1S/C14H12N2O/c1-10-6-7-12(16)14(8-10)17-13-5-3-2-4-11(13)9-15/h2-8H,16H2,1H3. The fraction of sp³-hybridized carbons (Fsp3) is 0.0714. The average molecular weight is 224 g/mol. The summed E-state index contributed by atoms with van der Waals surface area (Å²) < 4.78 is 5.66. The lowest BCUT2D eigenvalue weighted by molar-refractivity contribution is 0.483. The van der Waals surface area contributed by atoms with Gasteiger partial charge in [0.2, 0.25) is 0 Å². The van der Waals surface area contributed by atoms with Gasteiger partial charge in [-0.25, -0.2) is 0 Å². The van der Waals surface area contributed by atoms with Crippen LogP contribution in [0.1, 0.15) is 11.1 Å². The van der Waals surface area contributed by atoms with Crippen LogP contribution in [-0.4, -0.2) is 0 Å². The van der Waals surface area contributed by atoms with Crippen molar-refractivity contribution in [2.45, 2.75) is 6.92 Å². The van der Waals surface area contributed by atoms with E-state index >= 15 is 0 Å². The van der Waals surface area contributed by atoms with Crippen molar-refractivity contribution in [3.05, 3.63) is 53.6 Å². The van der Waals surface area contributed by atoms with Crippen molar-refractivity contribution in [2.24, 2.45) is 0 Å². The van der Waals surface area contributed by atoms with Crippen LogP contribution in [0.25, 0.3) is 0 Å². The molecule has 84 valence electrons. The minimum Gasteiger partial charge on any atom is -0.454 e. The highest BCUT2D eigenvalue weighted by atomic mass is 16.5. The first-order valence-electron chi connectivity index (χ1n) is 5.24. The molecule has 17 heavy (non-hydrogen) atoms. The Morgan fingerprint density at radius 3 is 2.65 bits per heavy atom. The Balaban J connectivity index is 2.38. The van der Waals surface area contributed by atoms with Crippen LogP contribution in [0, 0.1) is 18.3 Å². The first-order chi connectivity index (χ1) is 8.20. The zero-order chi connectivity index (χ0) is 12.3. The smallest absolute Gasteiger partial charge is 0.150 e. The quantitative estimate of drug-likeness (QED) is 0.796. The van der Waals surface area contributed by atoms with Crippen molar-refractivity contribution in [3.8, 4) is 17.6 Å². The third kappa shape index (κ3) is 2.37. The third-order valence-corrected chi connectivity index (χ3v) is 2.40. The van der Waals surface area contributed by atoms with Gasteiger partial charge in [0.1, 0.15) is 11.8 Å². The topological polar surface area (TPSA) is 59.0 Å². The molecule has 0 radical (unpaired) electrons. The van der Waals surface area contributed by atoms with E-state index in [1.54, 1.807) is 24.3 Å². The number of hydrogen-bond donors (Lipinski definition) is 1. The van der Waals surface area contributed by atoms with Crippen molar-refractivity contribution in [3.63, 3.8) is 0 Å². The van der Waals surface area contributed by atoms with Gasteiger partial charge in [0.05, 0.1) is 11.3 Å². The number of nitriles is 1. The van der Waals surface area contributed by atoms with E-state index in [-0.39, 0.29) is 0 Å². The highest BCUT2D eigenvalue weighted by Gasteiger charge is 2.06. The van der Waals surface area contributed by atoms with Gasteiger partial charge in [-0.05, 0) is 36.8 Å². The molecule has 2 aromatic carbocycles. The van der Waals surface area contributed by atoms with E-state index in [1.165, 1.54) is 0 Å². The Hall–Kier alpha value is -2.47. The summed E-state index contributed by atoms with van der Waals surface area (Å²) in [4.78, 5) is 0. The fourth-order valence-electron chi connectivity index (χ4n) is 1.50. The zero-order valence-electron chi connectivity index (χ0n) is 9.47. The minimum atomic E-state index is 0.494. The second-order valence-corrected chi connectivity index (χ2v) is 3.75. The van der Waals surface area contributed by atoms with E-state index in [0.29, 0.717) is 22.7 Å². The van der Waals surface area contributed by atoms with E-state index in [9.17, 15) is 0 Å². The highest BCUT2D eigenvalue weighted by molar-refractivity contribution is 5.56. The summed E-state index contributed by atoms with van der Waals surface area (Å²) in [7, 11) is 0. The molecule has 0 saturated heterocycles. The monoisotopic (exact) mass is 224 g/mol. The molecule has 0 aliphatic carbocycles. The van der Waals surface area contributed by atoms with Crippen LogP contribution in [0.3, 0.4) is 0 Å². The summed E-state index contributed by atoms with van der Waals surface area (Å²) in [5.41, 5.74) is 7.93. The van der Waals surface area contributed by atoms with E-state index in [0.717, 1.165) is 5.56 Å². The predicted molar refractivity (Wildman–Crippen MR) is 66.8 cm³/mol. The summed E-state index contributed by atoms with van der Waals surface area (Å²) >= 11 is 0. The van der Waals surface area contributed by atoms with Crippen LogP contribution in [0.2, 0.25) is 0 Å². The molecule has 0 aromatic heterocycles. The van der Waals surface area contributed by atoms with Gasteiger partial charge >= 0.3 is 0 Å². The molecule has 2 N–H and O–H groups in total.